The number of ether oxygens (including phenoxy) is 1. The third-order valence-electron chi connectivity index (χ3n) is 5.26. The molecule has 7 nitrogen and oxygen atoms in total. The third-order valence-corrected chi connectivity index (χ3v) is 7.81. The lowest BCUT2D eigenvalue weighted by Crippen LogP contribution is -2.32. The molecule has 166 valence electrons. The van der Waals surface area contributed by atoms with Crippen molar-refractivity contribution < 1.29 is 14.3 Å². The normalized spacial score (nSPS) is 17.5. The van der Waals surface area contributed by atoms with Crippen LogP contribution in [0.1, 0.15) is 63.9 Å². The standard InChI is InChI=1S/C21H25ClN4O3S2/c1-2-9-30-21-24-11-14(22)17(25-21)19(28)26-20-16(13-6-3-7-15(13)31-20)18(27)23-10-12-5-4-8-29-12/h11-12H,2-10H2,1H3,(H,23,27)(H,26,28)/t12-/m1/s1. The number of anilines is 1. The Morgan fingerprint density at radius 3 is 2.97 bits per heavy atom. The fourth-order valence-electron chi connectivity index (χ4n) is 3.77. The first-order valence-corrected chi connectivity index (χ1v) is 12.8. The molecule has 0 saturated carbocycles. The Bertz CT molecular complexity index is 976. The summed E-state index contributed by atoms with van der Waals surface area (Å²) in [5.41, 5.74) is 1.72. The highest BCUT2D eigenvalue weighted by atomic mass is 35.5. The van der Waals surface area contributed by atoms with Gasteiger partial charge in [-0.05, 0) is 44.1 Å². The van der Waals surface area contributed by atoms with Gasteiger partial charge < -0.3 is 15.4 Å². The molecule has 31 heavy (non-hydrogen) atoms. The van der Waals surface area contributed by atoms with Crippen molar-refractivity contribution in [3.8, 4) is 0 Å². The van der Waals surface area contributed by atoms with Crippen LogP contribution in [0.3, 0.4) is 0 Å². The Morgan fingerprint density at radius 1 is 1.32 bits per heavy atom. The fourth-order valence-corrected chi connectivity index (χ4v) is 5.90. The van der Waals surface area contributed by atoms with Crippen LogP contribution in [-0.2, 0) is 17.6 Å². The number of nitrogens with one attached hydrogen (secondary N) is 2. The van der Waals surface area contributed by atoms with E-state index in [4.69, 9.17) is 16.3 Å². The van der Waals surface area contributed by atoms with E-state index >= 15 is 0 Å². The summed E-state index contributed by atoms with van der Waals surface area (Å²) >= 11 is 9.15. The number of hydrogen-bond acceptors (Lipinski definition) is 7. The van der Waals surface area contributed by atoms with Crippen molar-refractivity contribution in [2.24, 2.45) is 0 Å². The van der Waals surface area contributed by atoms with Crippen LogP contribution in [0, 0.1) is 0 Å². The number of aromatic nitrogens is 2. The molecule has 2 aliphatic rings. The molecule has 2 aromatic rings. The van der Waals surface area contributed by atoms with E-state index in [-0.39, 0.29) is 22.7 Å². The van der Waals surface area contributed by atoms with Crippen LogP contribution in [0.15, 0.2) is 11.4 Å². The van der Waals surface area contributed by atoms with E-state index in [1.807, 2.05) is 0 Å². The molecule has 2 aromatic heterocycles. The summed E-state index contributed by atoms with van der Waals surface area (Å²) in [5, 5.41) is 7.14. The summed E-state index contributed by atoms with van der Waals surface area (Å²) in [5.74, 6) is 0.257. The molecule has 0 aromatic carbocycles. The molecule has 1 saturated heterocycles. The van der Waals surface area contributed by atoms with E-state index in [0.29, 0.717) is 22.3 Å². The Morgan fingerprint density at radius 2 is 2.19 bits per heavy atom. The van der Waals surface area contributed by atoms with Gasteiger partial charge in [0, 0.05) is 23.8 Å². The van der Waals surface area contributed by atoms with Gasteiger partial charge in [-0.1, -0.05) is 30.3 Å². The number of thioether (sulfide) groups is 1. The molecule has 0 bridgehead atoms. The number of rotatable bonds is 8. The van der Waals surface area contributed by atoms with Gasteiger partial charge in [-0.15, -0.1) is 11.3 Å². The zero-order valence-corrected chi connectivity index (χ0v) is 19.7. The Labute approximate surface area is 194 Å². The topological polar surface area (TPSA) is 93.2 Å². The van der Waals surface area contributed by atoms with E-state index in [2.05, 4.69) is 27.5 Å². The maximum atomic E-state index is 13.0. The number of nitrogens with zero attached hydrogens (tertiary/aromatic N) is 2. The zero-order chi connectivity index (χ0) is 21.8. The van der Waals surface area contributed by atoms with E-state index in [0.717, 1.165) is 61.3 Å². The van der Waals surface area contributed by atoms with Gasteiger partial charge >= 0.3 is 0 Å². The van der Waals surface area contributed by atoms with Crippen molar-refractivity contribution >= 4 is 51.5 Å². The second-order valence-electron chi connectivity index (χ2n) is 7.56. The van der Waals surface area contributed by atoms with Crippen molar-refractivity contribution in [2.75, 3.05) is 24.2 Å². The zero-order valence-electron chi connectivity index (χ0n) is 17.3. The van der Waals surface area contributed by atoms with Gasteiger partial charge in [0.2, 0.25) is 0 Å². The van der Waals surface area contributed by atoms with Gasteiger partial charge in [-0.25, -0.2) is 9.97 Å². The lowest BCUT2D eigenvalue weighted by atomic mass is 10.1. The SMILES string of the molecule is CCCSc1ncc(Cl)c(C(=O)Nc2sc3c(c2C(=O)NC[C@H]2CCCO2)CCC3)n1. The number of aryl methyl sites for hydroxylation is 1. The number of fused-ring (bicyclic) bond motifs is 1. The first-order chi connectivity index (χ1) is 15.1. The molecule has 1 atom stereocenters. The van der Waals surface area contributed by atoms with Crippen molar-refractivity contribution in [3.63, 3.8) is 0 Å². The van der Waals surface area contributed by atoms with Gasteiger partial charge in [0.15, 0.2) is 10.9 Å². The van der Waals surface area contributed by atoms with Crippen molar-refractivity contribution in [3.05, 3.63) is 32.9 Å². The second-order valence-corrected chi connectivity index (χ2v) is 10.1. The van der Waals surface area contributed by atoms with Crippen LogP contribution < -0.4 is 10.6 Å². The largest absolute Gasteiger partial charge is 0.376 e. The Hall–Kier alpha value is -1.68. The summed E-state index contributed by atoms with van der Waals surface area (Å²) in [6, 6.07) is 0. The van der Waals surface area contributed by atoms with Gasteiger partial charge in [-0.2, -0.15) is 0 Å². The summed E-state index contributed by atoms with van der Waals surface area (Å²) < 4.78 is 5.61. The maximum Gasteiger partial charge on any atom is 0.276 e. The Balaban J connectivity index is 1.53. The average Bonchev–Trinajstić information content (AvgIpc) is 3.49. The molecule has 0 spiro atoms. The molecule has 10 heteroatoms. The highest BCUT2D eigenvalue weighted by Crippen LogP contribution is 2.39. The highest BCUT2D eigenvalue weighted by Gasteiger charge is 2.29. The average molecular weight is 481 g/mol. The predicted molar refractivity (Wildman–Crippen MR) is 124 cm³/mol. The number of halogens is 1. The molecule has 3 heterocycles. The van der Waals surface area contributed by atoms with Crippen LogP contribution >= 0.6 is 34.7 Å². The monoisotopic (exact) mass is 480 g/mol. The molecule has 2 N–H and O–H groups in total. The van der Waals surface area contributed by atoms with Gasteiger partial charge in [0.25, 0.3) is 11.8 Å². The minimum absolute atomic E-state index is 0.0625. The summed E-state index contributed by atoms with van der Waals surface area (Å²) in [7, 11) is 0. The van der Waals surface area contributed by atoms with E-state index < -0.39 is 5.91 Å². The second kappa shape index (κ2) is 10.3. The van der Waals surface area contributed by atoms with Crippen LogP contribution in [0.2, 0.25) is 5.02 Å². The first-order valence-electron chi connectivity index (χ1n) is 10.6. The smallest absolute Gasteiger partial charge is 0.276 e. The number of hydrogen-bond donors (Lipinski definition) is 2. The molecular formula is C21H25ClN4O3S2. The molecule has 0 unspecified atom stereocenters. The molecule has 1 aliphatic heterocycles. The summed E-state index contributed by atoms with van der Waals surface area (Å²) in [4.78, 5) is 35.7. The fraction of sp³-hybridized carbons (Fsp3) is 0.524. The van der Waals surface area contributed by atoms with Crippen LogP contribution in [0.4, 0.5) is 5.00 Å². The number of carbonyl (C=O) groups excluding carboxylic acids is 2. The number of thiophene rings is 1. The third kappa shape index (κ3) is 5.22. The lowest BCUT2D eigenvalue weighted by molar-refractivity contribution is 0.0858. The van der Waals surface area contributed by atoms with Gasteiger partial charge in [0.1, 0.15) is 5.00 Å². The highest BCUT2D eigenvalue weighted by molar-refractivity contribution is 7.99. The predicted octanol–water partition coefficient (Wildman–Crippen LogP) is 4.34. The van der Waals surface area contributed by atoms with Crippen LogP contribution in [0.5, 0.6) is 0 Å². The minimum atomic E-state index is -0.432. The summed E-state index contributed by atoms with van der Waals surface area (Å²) in [6.45, 7) is 3.29. The molecule has 1 aliphatic carbocycles. The van der Waals surface area contributed by atoms with Gasteiger partial charge in [0.05, 0.1) is 22.9 Å². The van der Waals surface area contributed by atoms with Crippen molar-refractivity contribution in [1.29, 1.82) is 0 Å². The van der Waals surface area contributed by atoms with Crippen molar-refractivity contribution in [1.82, 2.24) is 15.3 Å². The molecule has 0 radical (unpaired) electrons. The van der Waals surface area contributed by atoms with E-state index in [9.17, 15) is 9.59 Å². The minimum Gasteiger partial charge on any atom is -0.376 e. The molecule has 1 fully saturated rings. The lowest BCUT2D eigenvalue weighted by Gasteiger charge is -2.13. The molecule has 4 rings (SSSR count). The molecule has 2 amide bonds. The summed E-state index contributed by atoms with van der Waals surface area (Å²) in [6.07, 6.45) is 7.26. The Kier molecular flexibility index (Phi) is 7.47. The van der Waals surface area contributed by atoms with Crippen molar-refractivity contribution in [2.45, 2.75) is 56.7 Å². The van der Waals surface area contributed by atoms with Crippen LogP contribution in [0.25, 0.3) is 0 Å². The van der Waals surface area contributed by atoms with Gasteiger partial charge in [-0.3, -0.25) is 9.59 Å². The quantitative estimate of drug-likeness (QED) is 0.431. The van der Waals surface area contributed by atoms with E-state index in [1.54, 1.807) is 0 Å². The van der Waals surface area contributed by atoms with E-state index in [1.165, 1.54) is 29.3 Å². The first kappa shape index (κ1) is 22.5. The molecular weight excluding hydrogens is 456 g/mol. The maximum absolute atomic E-state index is 13.0. The van der Waals surface area contributed by atoms with Crippen LogP contribution in [-0.4, -0.2) is 46.8 Å². The number of carbonyl (C=O) groups is 2. The number of amides is 2.